The van der Waals surface area contributed by atoms with Crippen molar-refractivity contribution in [3.05, 3.63) is 313 Å². The van der Waals surface area contributed by atoms with Gasteiger partial charge in [-0.05, 0) is 183 Å². The van der Waals surface area contributed by atoms with Gasteiger partial charge in [-0.3, -0.25) is 19.1 Å². The quantitative estimate of drug-likeness (QED) is 0.0302. The van der Waals surface area contributed by atoms with Crippen LogP contribution in [-0.2, 0) is 46.2 Å². The molecule has 14 rings (SSSR count). The van der Waals surface area contributed by atoms with Crippen molar-refractivity contribution in [1.82, 2.24) is 44.9 Å². The summed E-state index contributed by atoms with van der Waals surface area (Å²) in [5.74, 6) is 0.137. The van der Waals surface area contributed by atoms with Gasteiger partial charge >= 0.3 is 12.1 Å². The van der Waals surface area contributed by atoms with Gasteiger partial charge in [0.25, 0.3) is 0 Å². The van der Waals surface area contributed by atoms with E-state index < -0.39 is 51.7 Å². The Balaban J connectivity index is 0.000000147. The summed E-state index contributed by atoms with van der Waals surface area (Å²) in [5.41, 5.74) is 15.9. The van der Waals surface area contributed by atoms with E-state index >= 15 is 0 Å². The number of pyridine rings is 6. The number of aromatic nitrogens is 9. The van der Waals surface area contributed by atoms with Gasteiger partial charge < -0.3 is 40.4 Å². The van der Waals surface area contributed by atoms with Crippen molar-refractivity contribution in [3.63, 3.8) is 0 Å². The highest BCUT2D eigenvalue weighted by atomic mass is 32.2. The summed E-state index contributed by atoms with van der Waals surface area (Å²) < 4.78 is 79.4. The lowest BCUT2D eigenvalue weighted by Gasteiger charge is -2.08. The number of anilines is 5. The largest absolute Gasteiger partial charge is 0.768 e. The second-order valence-electron chi connectivity index (χ2n) is 20.8. The number of benzene rings is 5. The number of hydrogen-bond acceptors (Lipinski definition) is 15. The molecule has 14 aromatic rings. The zero-order valence-electron chi connectivity index (χ0n) is 52.0. The molecule has 0 saturated carbocycles. The third kappa shape index (κ3) is 22.5. The Labute approximate surface area is 568 Å². The molecule has 0 spiro atoms. The van der Waals surface area contributed by atoms with Gasteiger partial charge in [-0.1, -0.05) is 72.8 Å². The van der Waals surface area contributed by atoms with Crippen LogP contribution in [0.1, 0.15) is 33.4 Å². The van der Waals surface area contributed by atoms with Crippen molar-refractivity contribution in [2.45, 2.75) is 29.1 Å². The first-order valence-corrected chi connectivity index (χ1v) is 31.9. The van der Waals surface area contributed by atoms with Crippen molar-refractivity contribution in [2.24, 2.45) is 4.99 Å². The van der Waals surface area contributed by atoms with Crippen LogP contribution in [0, 0.1) is 17.5 Å². The first-order valence-electron chi connectivity index (χ1n) is 29.7. The molecule has 0 aliphatic carbocycles. The summed E-state index contributed by atoms with van der Waals surface area (Å²) in [4.78, 5) is 72.4. The Hall–Kier alpha value is -12.7. The maximum Gasteiger partial charge on any atom is 0.324 e. The molecule has 0 bridgehead atoms. The van der Waals surface area contributed by atoms with Crippen LogP contribution in [0.25, 0.3) is 33.1 Å². The number of H-pyrrole nitrogens is 3. The molecule has 0 radical (unpaired) electrons. The molecule has 0 aliphatic rings. The third-order valence-corrected chi connectivity index (χ3v) is 15.1. The van der Waals surface area contributed by atoms with E-state index in [2.05, 4.69) is 77.2 Å². The molecule has 0 saturated heterocycles. The number of carbonyl (C=O) groups is 2. The molecule has 9 N–H and O–H groups in total. The van der Waals surface area contributed by atoms with Gasteiger partial charge in [0, 0.05) is 118 Å². The predicted molar refractivity (Wildman–Crippen MR) is 373 cm³/mol. The third-order valence-electron chi connectivity index (χ3n) is 13.8. The summed E-state index contributed by atoms with van der Waals surface area (Å²) in [6, 6.07) is 55.3. The van der Waals surface area contributed by atoms with Crippen LogP contribution in [0.4, 0.5) is 57.3 Å². The van der Waals surface area contributed by atoms with E-state index in [4.69, 9.17) is 5.73 Å². The number of hydrogen-bond donors (Lipinski definition) is 8. The second kappa shape index (κ2) is 36.3. The minimum atomic E-state index is -2.08. The highest BCUT2D eigenvalue weighted by molar-refractivity contribution is 7.79. The summed E-state index contributed by atoms with van der Waals surface area (Å²) in [7, 11) is 0. The van der Waals surface area contributed by atoms with E-state index in [-0.39, 0.29) is 5.69 Å². The molecule has 99 heavy (non-hydrogen) atoms. The smallest absolute Gasteiger partial charge is 0.324 e. The Morgan fingerprint density at radius 3 is 1.16 bits per heavy atom. The lowest BCUT2D eigenvalue weighted by atomic mass is 10.1. The molecule has 27 heteroatoms. The number of amides is 4. The minimum absolute atomic E-state index is 0.287. The molecule has 0 fully saturated rings. The SMILES string of the molecule is Nc1ccc(Cc2c[nH]c3ncccc23)cn1.O=C(Nc1cccc(F)c1)Nc1ccc(Cc2c[nH]c3ncccc23)cn1.O=C(Nc1cccc(F)c1)Nc1ccc(Cc2c[nH]c3ncccc23)cn1.O=C=Nc1cccc(F)c1.O=S([O-])c1ccccc1.O=S([O-])c1ccccc1. The van der Waals surface area contributed by atoms with Crippen molar-refractivity contribution in [1.29, 1.82) is 0 Å². The van der Waals surface area contributed by atoms with Gasteiger partial charge in [-0.2, -0.15) is 4.99 Å². The number of isocyanates is 1. The van der Waals surface area contributed by atoms with Gasteiger partial charge in [-0.25, -0.2) is 57.5 Å². The number of fused-ring (bicyclic) bond motifs is 3. The number of aromatic amines is 3. The van der Waals surface area contributed by atoms with E-state index in [1.54, 1.807) is 116 Å². The molecule has 2 atom stereocenters. The van der Waals surface area contributed by atoms with Crippen LogP contribution in [0.5, 0.6) is 0 Å². The number of nitrogens with two attached hydrogens (primary N) is 1. The van der Waals surface area contributed by atoms with Crippen LogP contribution < -0.4 is 27.0 Å². The van der Waals surface area contributed by atoms with E-state index in [1.165, 1.54) is 66.2 Å². The lowest BCUT2D eigenvalue weighted by Crippen LogP contribution is -2.20. The zero-order chi connectivity index (χ0) is 69.7. The molecule has 4 amide bonds. The average Bonchev–Trinajstić information content (AvgIpc) is 1.71. The first kappa shape index (κ1) is 70.7. The lowest BCUT2D eigenvalue weighted by molar-refractivity contribution is 0.261. The second-order valence-corrected chi connectivity index (χ2v) is 22.7. The number of nitrogens with one attached hydrogen (secondary N) is 7. The Morgan fingerprint density at radius 2 is 0.828 bits per heavy atom. The van der Waals surface area contributed by atoms with Crippen molar-refractivity contribution in [3.8, 4) is 0 Å². The Morgan fingerprint density at radius 1 is 0.444 bits per heavy atom. The standard InChI is InChI=1S/2C20H16FN5O.C13H12N4.C7H4FNO.2C6H6O2S/c2*21-15-3-1-4-16(10-15)25-20(27)26-18-7-6-13(11-23-18)9-14-12-24-19-17(14)5-2-8-22-19;14-12-4-3-9(7-16-12)6-10-8-17-13-11(10)2-1-5-15-13;8-6-2-1-3-7(4-6)9-5-10;2*7-9(8)6-4-2-1-3-5-6/h2*1-8,10-12H,9H2,(H,22,24)(H2,23,25,26,27);1-5,7-8H,6H2,(H2,14,16)(H,15,17);1-4H;2*1-5H,(H,7,8)/p-2. The summed E-state index contributed by atoms with van der Waals surface area (Å²) >= 11 is -4.16. The maximum absolute atomic E-state index is 13.2. The maximum atomic E-state index is 13.2. The molecule has 2 unspecified atom stereocenters. The summed E-state index contributed by atoms with van der Waals surface area (Å²) in [6.07, 6.45) is 20.0. The number of aliphatic imine (C=N–C) groups is 1. The normalized spacial score (nSPS) is 10.9. The highest BCUT2D eigenvalue weighted by Crippen LogP contribution is 2.23. The highest BCUT2D eigenvalue weighted by Gasteiger charge is 2.11. The number of urea groups is 2. The minimum Gasteiger partial charge on any atom is -0.768 e. The van der Waals surface area contributed by atoms with Crippen molar-refractivity contribution in [2.75, 3.05) is 27.0 Å². The van der Waals surface area contributed by atoms with Crippen LogP contribution in [0.3, 0.4) is 0 Å². The molecule has 9 aromatic heterocycles. The van der Waals surface area contributed by atoms with Gasteiger partial charge in [0.05, 0.1) is 5.69 Å². The Bertz CT molecular complexity index is 4810. The van der Waals surface area contributed by atoms with E-state index in [9.17, 15) is 45.1 Å². The number of nitrogens with zero attached hydrogens (tertiary/aromatic N) is 7. The predicted octanol–water partition coefficient (Wildman–Crippen LogP) is 14.4. The number of nitrogen functional groups attached to an aromatic ring is 1. The van der Waals surface area contributed by atoms with Crippen LogP contribution in [0.2, 0.25) is 0 Å². The first-order chi connectivity index (χ1) is 48.1. The number of halogens is 3. The molecule has 22 nitrogen and oxygen atoms in total. The fourth-order valence-electron chi connectivity index (χ4n) is 9.23. The van der Waals surface area contributed by atoms with Crippen molar-refractivity contribution < 1.29 is 45.1 Å². The van der Waals surface area contributed by atoms with Gasteiger partial charge in [0.1, 0.15) is 51.8 Å². The topological polar surface area (TPSA) is 343 Å². The molecular formula is C72H58F3N15O7S2-2. The zero-order valence-corrected chi connectivity index (χ0v) is 53.6. The molecule has 5 aromatic carbocycles. The molecule has 9 heterocycles. The average molecular weight is 1370 g/mol. The van der Waals surface area contributed by atoms with Gasteiger partial charge in [0.15, 0.2) is 0 Å². The van der Waals surface area contributed by atoms with Crippen LogP contribution in [-0.4, -0.2) is 80.5 Å². The molecule has 0 aliphatic heterocycles. The van der Waals surface area contributed by atoms with E-state index in [0.29, 0.717) is 51.5 Å². The van der Waals surface area contributed by atoms with Crippen molar-refractivity contribution >= 4 is 108 Å². The summed E-state index contributed by atoms with van der Waals surface area (Å²) in [5, 5.41) is 13.7. The van der Waals surface area contributed by atoms with Crippen LogP contribution >= 0.6 is 0 Å². The molecule has 498 valence electrons. The monoisotopic (exact) mass is 1370 g/mol. The Kier molecular flexibility index (Phi) is 25.9. The fourth-order valence-corrected chi connectivity index (χ4v) is 9.99. The van der Waals surface area contributed by atoms with E-state index in [0.717, 1.165) is 73.4 Å². The summed E-state index contributed by atoms with van der Waals surface area (Å²) in [6.45, 7) is 0. The van der Waals surface area contributed by atoms with E-state index in [1.807, 2.05) is 79.4 Å². The van der Waals surface area contributed by atoms with Gasteiger partial charge in [0.2, 0.25) is 6.08 Å². The van der Waals surface area contributed by atoms with Gasteiger partial charge in [-0.15, -0.1) is 0 Å². The number of rotatable bonds is 13. The fraction of sp³-hybridized carbons (Fsp3) is 0.0417. The van der Waals surface area contributed by atoms with Crippen LogP contribution in [0.15, 0.2) is 277 Å². The molecular weight excluding hydrogens is 1310 g/mol. The number of carbonyl (C=O) groups excluding carboxylic acids is 3.